The molecule has 10 heteroatoms. The predicted octanol–water partition coefficient (Wildman–Crippen LogP) is 3.61. The van der Waals surface area contributed by atoms with E-state index in [2.05, 4.69) is 32.3 Å². The van der Waals surface area contributed by atoms with Gasteiger partial charge in [-0.05, 0) is 45.0 Å². The molecule has 1 saturated heterocycles. The van der Waals surface area contributed by atoms with Crippen LogP contribution in [-0.2, 0) is 6.18 Å². The van der Waals surface area contributed by atoms with Crippen LogP contribution in [0.1, 0.15) is 31.0 Å². The number of anilines is 1. The maximum Gasteiger partial charge on any atom is 0.416 e. The largest absolute Gasteiger partial charge is 0.507 e. The van der Waals surface area contributed by atoms with E-state index in [0.29, 0.717) is 12.1 Å². The number of nitrogens with one attached hydrogen (secondary N) is 1. The number of aromatic nitrogens is 3. The number of rotatable bonds is 4. The lowest BCUT2D eigenvalue weighted by molar-refractivity contribution is -0.137. The average Bonchev–Trinajstić information content (AvgIpc) is 2.62. The van der Waals surface area contributed by atoms with E-state index >= 15 is 0 Å². The average molecular weight is 399 g/mol. The Kier molecular flexibility index (Phi) is 5.69. The van der Waals surface area contributed by atoms with Gasteiger partial charge in [0.1, 0.15) is 17.3 Å². The van der Waals surface area contributed by atoms with Crippen LogP contribution in [0.5, 0.6) is 5.75 Å². The molecule has 1 aromatic heterocycles. The zero-order valence-corrected chi connectivity index (χ0v) is 15.5. The number of halogens is 4. The van der Waals surface area contributed by atoms with Crippen LogP contribution < -0.4 is 5.32 Å². The number of phenols is 1. The van der Waals surface area contributed by atoms with Gasteiger partial charge in [-0.2, -0.15) is 13.2 Å². The third kappa shape index (κ3) is 4.32. The fraction of sp³-hybridized carbons (Fsp3) is 0.500. The summed E-state index contributed by atoms with van der Waals surface area (Å²) in [5.41, 5.74) is -1.59. The number of likely N-dealkylation sites (N-methyl/N-ethyl adjacent to an activating group) is 1. The van der Waals surface area contributed by atoms with E-state index in [4.69, 9.17) is 0 Å². The van der Waals surface area contributed by atoms with Crippen molar-refractivity contribution in [3.63, 3.8) is 0 Å². The van der Waals surface area contributed by atoms with Crippen LogP contribution in [0.15, 0.2) is 12.1 Å². The Morgan fingerprint density at radius 3 is 2.64 bits per heavy atom. The molecule has 0 aliphatic carbocycles. The van der Waals surface area contributed by atoms with Crippen LogP contribution in [0.3, 0.4) is 0 Å². The highest BCUT2D eigenvalue weighted by Crippen LogP contribution is 2.38. The molecule has 0 amide bonds. The second kappa shape index (κ2) is 7.86. The summed E-state index contributed by atoms with van der Waals surface area (Å²) in [6, 6.07) is 0.938. The van der Waals surface area contributed by atoms with Gasteiger partial charge in [0.2, 0.25) is 5.95 Å². The molecule has 0 radical (unpaired) electrons. The van der Waals surface area contributed by atoms with Gasteiger partial charge in [-0.3, -0.25) is 0 Å². The van der Waals surface area contributed by atoms with Gasteiger partial charge in [0.05, 0.1) is 16.8 Å². The zero-order valence-electron chi connectivity index (χ0n) is 15.5. The number of aromatic hydroxyl groups is 1. The number of aryl methyl sites for hydroxylation is 1. The quantitative estimate of drug-likeness (QED) is 0.766. The van der Waals surface area contributed by atoms with Crippen molar-refractivity contribution in [1.82, 2.24) is 20.1 Å². The molecule has 3 rings (SSSR count). The smallest absolute Gasteiger partial charge is 0.416 e. The Hall–Kier alpha value is -2.49. The molecule has 1 aromatic carbocycles. The molecular formula is C18H21F4N5O. The summed E-state index contributed by atoms with van der Waals surface area (Å²) in [6.45, 7) is 6.45. The fourth-order valence-corrected chi connectivity index (χ4v) is 3.33. The SMILES string of the molecule is CCN1CCCC(Nc2nnc(-c3c(O)cc(C(F)(F)F)cc3F)c(C)n2)C1. The summed E-state index contributed by atoms with van der Waals surface area (Å²) in [7, 11) is 0. The highest BCUT2D eigenvalue weighted by Gasteiger charge is 2.33. The molecule has 1 unspecified atom stereocenters. The number of alkyl halides is 3. The highest BCUT2D eigenvalue weighted by molar-refractivity contribution is 5.70. The van der Waals surface area contributed by atoms with Crippen LogP contribution in [0, 0.1) is 12.7 Å². The van der Waals surface area contributed by atoms with Crippen molar-refractivity contribution in [3.05, 3.63) is 29.2 Å². The highest BCUT2D eigenvalue weighted by atomic mass is 19.4. The number of benzene rings is 1. The van der Waals surface area contributed by atoms with Gasteiger partial charge in [0.15, 0.2) is 0 Å². The monoisotopic (exact) mass is 399 g/mol. The van der Waals surface area contributed by atoms with Crippen molar-refractivity contribution >= 4 is 5.95 Å². The summed E-state index contributed by atoms with van der Waals surface area (Å²) in [4.78, 5) is 6.54. The molecule has 0 saturated carbocycles. The minimum absolute atomic E-state index is 0.104. The topological polar surface area (TPSA) is 74.2 Å². The third-order valence-electron chi connectivity index (χ3n) is 4.78. The number of nitrogens with zero attached hydrogens (tertiary/aromatic N) is 4. The lowest BCUT2D eigenvalue weighted by atomic mass is 10.0. The first-order chi connectivity index (χ1) is 13.2. The second-order valence-electron chi connectivity index (χ2n) is 6.80. The molecular weight excluding hydrogens is 378 g/mol. The molecule has 152 valence electrons. The first kappa shape index (κ1) is 20.2. The molecule has 2 aromatic rings. The van der Waals surface area contributed by atoms with Gasteiger partial charge in [0, 0.05) is 12.6 Å². The Bertz CT molecular complexity index is 835. The predicted molar refractivity (Wildman–Crippen MR) is 95.4 cm³/mol. The molecule has 2 N–H and O–H groups in total. The summed E-state index contributed by atoms with van der Waals surface area (Å²) >= 11 is 0. The molecule has 0 spiro atoms. The molecule has 6 nitrogen and oxygen atoms in total. The van der Waals surface area contributed by atoms with E-state index < -0.39 is 28.9 Å². The van der Waals surface area contributed by atoms with E-state index in [-0.39, 0.29) is 23.4 Å². The summed E-state index contributed by atoms with van der Waals surface area (Å²) in [5.74, 6) is -1.84. The van der Waals surface area contributed by atoms with E-state index in [9.17, 15) is 22.7 Å². The minimum Gasteiger partial charge on any atom is -0.507 e. The zero-order chi connectivity index (χ0) is 20.5. The lowest BCUT2D eigenvalue weighted by Crippen LogP contribution is -2.42. The van der Waals surface area contributed by atoms with Crippen LogP contribution in [0.2, 0.25) is 0 Å². The van der Waals surface area contributed by atoms with E-state index in [1.807, 2.05) is 0 Å². The molecule has 1 fully saturated rings. The molecule has 0 bridgehead atoms. The van der Waals surface area contributed by atoms with Gasteiger partial charge in [-0.15, -0.1) is 10.2 Å². The third-order valence-corrected chi connectivity index (χ3v) is 4.78. The van der Waals surface area contributed by atoms with Crippen molar-refractivity contribution in [2.75, 3.05) is 25.0 Å². The summed E-state index contributed by atoms with van der Waals surface area (Å²) < 4.78 is 52.6. The first-order valence-corrected chi connectivity index (χ1v) is 8.99. The molecule has 28 heavy (non-hydrogen) atoms. The first-order valence-electron chi connectivity index (χ1n) is 8.99. The van der Waals surface area contributed by atoms with Gasteiger partial charge in [-0.1, -0.05) is 6.92 Å². The van der Waals surface area contributed by atoms with Crippen LogP contribution in [-0.4, -0.2) is 50.9 Å². The minimum atomic E-state index is -4.77. The maximum absolute atomic E-state index is 14.3. The Balaban J connectivity index is 1.85. The van der Waals surface area contributed by atoms with Crippen molar-refractivity contribution in [1.29, 1.82) is 0 Å². The number of hydrogen-bond donors (Lipinski definition) is 2. The standard InChI is InChI=1S/C18H21F4N5O/c1-3-27-6-4-5-12(9-27)24-17-23-10(2)16(25-26-17)15-13(19)7-11(8-14(15)28)18(20,21)22/h7-8,12,28H,3-6,9H2,1-2H3,(H,23,24,26). The van der Waals surface area contributed by atoms with Gasteiger partial charge in [0.25, 0.3) is 0 Å². The number of phenolic OH excluding ortho intramolecular Hbond substituents is 1. The van der Waals surface area contributed by atoms with Gasteiger partial charge in [-0.25, -0.2) is 9.37 Å². The number of piperidine rings is 1. The van der Waals surface area contributed by atoms with E-state index in [1.54, 1.807) is 0 Å². The maximum atomic E-state index is 14.3. The molecule has 1 atom stereocenters. The van der Waals surface area contributed by atoms with Crippen LogP contribution in [0.25, 0.3) is 11.3 Å². The van der Waals surface area contributed by atoms with Crippen molar-refractivity contribution < 1.29 is 22.7 Å². The Labute approximate surface area is 159 Å². The van der Waals surface area contributed by atoms with E-state index in [0.717, 1.165) is 32.5 Å². The number of likely N-dealkylation sites (tertiary alicyclic amines) is 1. The fourth-order valence-electron chi connectivity index (χ4n) is 3.33. The van der Waals surface area contributed by atoms with Crippen molar-refractivity contribution in [2.45, 2.75) is 38.9 Å². The summed E-state index contributed by atoms with van der Waals surface area (Å²) in [6.07, 6.45) is -2.77. The van der Waals surface area contributed by atoms with Gasteiger partial charge >= 0.3 is 6.18 Å². The van der Waals surface area contributed by atoms with Crippen molar-refractivity contribution in [3.8, 4) is 17.0 Å². The Morgan fingerprint density at radius 1 is 1.29 bits per heavy atom. The van der Waals surface area contributed by atoms with Crippen molar-refractivity contribution in [2.24, 2.45) is 0 Å². The normalized spacial score (nSPS) is 18.3. The van der Waals surface area contributed by atoms with E-state index in [1.165, 1.54) is 6.92 Å². The molecule has 1 aliphatic rings. The number of hydrogen-bond acceptors (Lipinski definition) is 6. The molecule has 2 heterocycles. The lowest BCUT2D eigenvalue weighted by Gasteiger charge is -2.32. The molecule has 1 aliphatic heterocycles. The van der Waals surface area contributed by atoms with Crippen LogP contribution in [0.4, 0.5) is 23.5 Å². The van der Waals surface area contributed by atoms with Gasteiger partial charge < -0.3 is 15.3 Å². The van der Waals surface area contributed by atoms with Crippen LogP contribution >= 0.6 is 0 Å². The Morgan fingerprint density at radius 2 is 2.04 bits per heavy atom. The summed E-state index contributed by atoms with van der Waals surface area (Å²) in [5, 5.41) is 21.0. The second-order valence-corrected chi connectivity index (χ2v) is 6.80.